The third-order valence-corrected chi connectivity index (χ3v) is 5.31. The van der Waals surface area contributed by atoms with Gasteiger partial charge in [-0.1, -0.05) is 24.3 Å². The van der Waals surface area contributed by atoms with E-state index in [2.05, 4.69) is 5.32 Å². The number of hydrogen-bond acceptors (Lipinski definition) is 5. The summed E-state index contributed by atoms with van der Waals surface area (Å²) in [5, 5.41) is 2.83. The molecule has 0 fully saturated rings. The number of anilines is 2. The van der Waals surface area contributed by atoms with Crippen LogP contribution < -0.4 is 10.2 Å². The Bertz CT molecular complexity index is 925. The third-order valence-electron chi connectivity index (χ3n) is 4.26. The Balaban J connectivity index is 1.53. The van der Waals surface area contributed by atoms with Crippen molar-refractivity contribution in [3.63, 3.8) is 0 Å². The quantitative estimate of drug-likeness (QED) is 0.556. The van der Waals surface area contributed by atoms with Crippen LogP contribution in [0, 0.1) is 0 Å². The molecule has 1 N–H and O–H groups in total. The number of rotatable bonds is 7. The number of para-hydroxylation sites is 1. The molecule has 0 radical (unpaired) electrons. The molecular weight excluding hydrogens is 388 g/mol. The fourth-order valence-electron chi connectivity index (χ4n) is 2.87. The molecule has 0 aromatic heterocycles. The van der Waals surface area contributed by atoms with Crippen molar-refractivity contribution in [1.29, 1.82) is 0 Å². The van der Waals surface area contributed by atoms with Gasteiger partial charge in [0, 0.05) is 29.6 Å². The van der Waals surface area contributed by atoms with E-state index in [0.717, 1.165) is 16.1 Å². The highest BCUT2D eigenvalue weighted by molar-refractivity contribution is 8.00. The fraction of sp³-hybridized carbons (Fsp3) is 0.227. The molecule has 0 unspecified atom stereocenters. The molecule has 6 nitrogen and oxygen atoms in total. The number of esters is 1. The molecule has 0 saturated heterocycles. The van der Waals surface area contributed by atoms with Gasteiger partial charge in [0.15, 0.2) is 0 Å². The van der Waals surface area contributed by atoms with E-state index in [1.165, 1.54) is 17.8 Å². The van der Waals surface area contributed by atoms with E-state index >= 15 is 0 Å². The van der Waals surface area contributed by atoms with Crippen LogP contribution in [-0.4, -0.2) is 36.7 Å². The van der Waals surface area contributed by atoms with E-state index < -0.39 is 5.97 Å². The average molecular weight is 410 g/mol. The molecule has 150 valence electrons. The first kappa shape index (κ1) is 20.7. The van der Waals surface area contributed by atoms with Gasteiger partial charge >= 0.3 is 5.97 Å². The van der Waals surface area contributed by atoms with Crippen LogP contribution in [-0.2, 0) is 19.1 Å². The highest BCUT2D eigenvalue weighted by Crippen LogP contribution is 2.34. The number of hydrogen-bond donors (Lipinski definition) is 1. The zero-order valence-corrected chi connectivity index (χ0v) is 16.9. The molecule has 1 aliphatic rings. The number of thioether (sulfide) groups is 1. The molecular formula is C22H22N2O4S. The number of ether oxygens (including phenoxy) is 1. The lowest BCUT2D eigenvalue weighted by Crippen LogP contribution is -2.37. The molecule has 7 heteroatoms. The van der Waals surface area contributed by atoms with Crippen molar-refractivity contribution in [2.75, 3.05) is 29.1 Å². The van der Waals surface area contributed by atoms with Gasteiger partial charge < -0.3 is 15.0 Å². The first-order valence-corrected chi connectivity index (χ1v) is 10.3. The monoisotopic (exact) mass is 410 g/mol. The number of amides is 2. The molecule has 2 aromatic carbocycles. The second-order valence-corrected chi connectivity index (χ2v) is 7.32. The Kier molecular flexibility index (Phi) is 7.08. The van der Waals surface area contributed by atoms with Gasteiger partial charge in [-0.2, -0.15) is 0 Å². The Morgan fingerprint density at radius 3 is 2.69 bits per heavy atom. The standard InChI is InChI=1S/C22H22N2O4S/c1-2-28-22(27)12-9-16-7-10-17(11-8-16)23-20(25)13-14-24-18-5-3-4-6-19(18)29-15-21(24)26/h3-12H,2,13-15H2,1H3,(H,23,25)/b12-9+. The first-order valence-electron chi connectivity index (χ1n) is 9.34. The van der Waals surface area contributed by atoms with E-state index in [1.807, 2.05) is 24.3 Å². The van der Waals surface area contributed by atoms with Gasteiger partial charge in [-0.25, -0.2) is 4.79 Å². The van der Waals surface area contributed by atoms with Gasteiger partial charge in [0.1, 0.15) is 0 Å². The molecule has 1 aliphatic heterocycles. The summed E-state index contributed by atoms with van der Waals surface area (Å²) in [5.41, 5.74) is 2.34. The number of benzene rings is 2. The maximum Gasteiger partial charge on any atom is 0.330 e. The number of carbonyl (C=O) groups excluding carboxylic acids is 3. The summed E-state index contributed by atoms with van der Waals surface area (Å²) in [6.07, 6.45) is 3.22. The van der Waals surface area contributed by atoms with Crippen molar-refractivity contribution >= 4 is 47.0 Å². The summed E-state index contributed by atoms with van der Waals surface area (Å²) in [6.45, 7) is 2.42. The lowest BCUT2D eigenvalue weighted by molar-refractivity contribution is -0.137. The second-order valence-electron chi connectivity index (χ2n) is 6.31. The summed E-state index contributed by atoms with van der Waals surface area (Å²) < 4.78 is 4.83. The zero-order valence-electron chi connectivity index (χ0n) is 16.1. The molecule has 0 saturated carbocycles. The summed E-state index contributed by atoms with van der Waals surface area (Å²) in [7, 11) is 0. The maximum absolute atomic E-state index is 12.3. The van der Waals surface area contributed by atoms with Crippen LogP contribution in [0.4, 0.5) is 11.4 Å². The average Bonchev–Trinajstić information content (AvgIpc) is 2.73. The van der Waals surface area contributed by atoms with Gasteiger partial charge in [-0.15, -0.1) is 11.8 Å². The molecule has 29 heavy (non-hydrogen) atoms. The minimum Gasteiger partial charge on any atom is -0.463 e. The van der Waals surface area contributed by atoms with Gasteiger partial charge in [-0.05, 0) is 42.8 Å². The van der Waals surface area contributed by atoms with Crippen LogP contribution in [0.2, 0.25) is 0 Å². The van der Waals surface area contributed by atoms with Crippen molar-refractivity contribution < 1.29 is 19.1 Å². The molecule has 3 rings (SSSR count). The molecule has 0 bridgehead atoms. The first-order chi connectivity index (χ1) is 14.1. The van der Waals surface area contributed by atoms with Gasteiger partial charge in [0.05, 0.1) is 18.0 Å². The van der Waals surface area contributed by atoms with Crippen LogP contribution in [0.15, 0.2) is 59.5 Å². The topological polar surface area (TPSA) is 75.7 Å². The van der Waals surface area contributed by atoms with Crippen LogP contribution in [0.3, 0.4) is 0 Å². The lowest BCUT2D eigenvalue weighted by Gasteiger charge is -2.28. The third kappa shape index (κ3) is 5.71. The number of nitrogens with zero attached hydrogens (tertiary/aromatic N) is 1. The van der Waals surface area contributed by atoms with Crippen LogP contribution >= 0.6 is 11.8 Å². The minimum atomic E-state index is -0.392. The van der Waals surface area contributed by atoms with Gasteiger partial charge in [0.25, 0.3) is 0 Å². The van der Waals surface area contributed by atoms with Gasteiger partial charge in [0.2, 0.25) is 11.8 Å². The predicted molar refractivity (Wildman–Crippen MR) is 115 cm³/mol. The normalized spacial score (nSPS) is 13.3. The van der Waals surface area contributed by atoms with Crippen molar-refractivity contribution in [2.45, 2.75) is 18.2 Å². The second kappa shape index (κ2) is 9.93. The Labute approximate surface area is 173 Å². The van der Waals surface area contributed by atoms with E-state index in [4.69, 9.17) is 4.74 Å². The smallest absolute Gasteiger partial charge is 0.330 e. The Morgan fingerprint density at radius 1 is 1.17 bits per heavy atom. The van der Waals surface area contributed by atoms with Crippen LogP contribution in [0.25, 0.3) is 6.08 Å². The highest BCUT2D eigenvalue weighted by atomic mass is 32.2. The van der Waals surface area contributed by atoms with Crippen LogP contribution in [0.5, 0.6) is 0 Å². The number of fused-ring (bicyclic) bond motifs is 1. The Morgan fingerprint density at radius 2 is 1.93 bits per heavy atom. The van der Waals surface area contributed by atoms with E-state index in [0.29, 0.717) is 24.6 Å². The summed E-state index contributed by atoms with van der Waals surface area (Å²) in [4.78, 5) is 38.6. The number of carbonyl (C=O) groups is 3. The SMILES string of the molecule is CCOC(=O)/C=C/c1ccc(NC(=O)CCN2C(=O)CSc3ccccc32)cc1. The van der Waals surface area contributed by atoms with Crippen molar-refractivity contribution in [1.82, 2.24) is 0 Å². The number of nitrogens with one attached hydrogen (secondary N) is 1. The lowest BCUT2D eigenvalue weighted by atomic mass is 10.2. The molecule has 1 heterocycles. The predicted octanol–water partition coefficient (Wildman–Crippen LogP) is 3.73. The van der Waals surface area contributed by atoms with Crippen LogP contribution in [0.1, 0.15) is 18.9 Å². The fourth-order valence-corrected chi connectivity index (χ4v) is 3.80. The van der Waals surface area contributed by atoms with Crippen molar-refractivity contribution in [3.05, 3.63) is 60.2 Å². The molecule has 0 aliphatic carbocycles. The minimum absolute atomic E-state index is 0.0132. The molecule has 0 atom stereocenters. The molecule has 0 spiro atoms. The molecule has 2 amide bonds. The van der Waals surface area contributed by atoms with Crippen molar-refractivity contribution in [3.8, 4) is 0 Å². The van der Waals surface area contributed by atoms with E-state index in [1.54, 1.807) is 42.2 Å². The zero-order chi connectivity index (χ0) is 20.6. The van der Waals surface area contributed by atoms with E-state index in [9.17, 15) is 14.4 Å². The highest BCUT2D eigenvalue weighted by Gasteiger charge is 2.24. The Hall–Kier alpha value is -3.06. The van der Waals surface area contributed by atoms with E-state index in [-0.39, 0.29) is 18.2 Å². The van der Waals surface area contributed by atoms with Gasteiger partial charge in [-0.3, -0.25) is 9.59 Å². The molecule has 2 aromatic rings. The summed E-state index contributed by atoms with van der Waals surface area (Å²) in [5.74, 6) is -0.154. The summed E-state index contributed by atoms with van der Waals surface area (Å²) in [6, 6.07) is 14.8. The van der Waals surface area contributed by atoms with Crippen molar-refractivity contribution in [2.24, 2.45) is 0 Å². The summed E-state index contributed by atoms with van der Waals surface area (Å²) >= 11 is 1.52. The largest absolute Gasteiger partial charge is 0.463 e. The maximum atomic E-state index is 12.3.